The lowest BCUT2D eigenvalue weighted by molar-refractivity contribution is -0.138. The molecular weight excluding hydrogens is 199 g/mol. The second-order valence-electron chi connectivity index (χ2n) is 2.42. The van der Waals surface area contributed by atoms with Crippen molar-refractivity contribution in [3.63, 3.8) is 0 Å². The number of rotatable bonds is 1. The molecule has 0 spiro atoms. The molecule has 0 aliphatic carbocycles. The highest BCUT2D eigenvalue weighted by molar-refractivity contribution is 5.68. The van der Waals surface area contributed by atoms with Crippen molar-refractivity contribution in [3.05, 3.63) is 29.8 Å². The number of ether oxygens (including phenoxy) is 1. The first kappa shape index (κ1) is 10.4. The first-order valence-corrected chi connectivity index (χ1v) is 3.55. The van der Waals surface area contributed by atoms with Gasteiger partial charge in [0.25, 0.3) is 0 Å². The third kappa shape index (κ3) is 2.38. The molecule has 1 amide bonds. The molecule has 1 rings (SSSR count). The van der Waals surface area contributed by atoms with Crippen molar-refractivity contribution in [1.29, 1.82) is 0 Å². The van der Waals surface area contributed by atoms with Crippen molar-refractivity contribution in [3.8, 4) is 5.75 Å². The minimum atomic E-state index is -4.56. The second-order valence-corrected chi connectivity index (χ2v) is 2.42. The van der Waals surface area contributed by atoms with E-state index >= 15 is 0 Å². The molecule has 3 nitrogen and oxygen atoms in total. The van der Waals surface area contributed by atoms with Crippen molar-refractivity contribution in [2.45, 2.75) is 6.18 Å². The Morgan fingerprint density at radius 1 is 1.29 bits per heavy atom. The molecule has 0 saturated heterocycles. The minimum absolute atomic E-state index is 0.590. The summed E-state index contributed by atoms with van der Waals surface area (Å²) in [6, 6.07) is 4.33. The van der Waals surface area contributed by atoms with Gasteiger partial charge >= 0.3 is 12.3 Å². The molecule has 0 radical (unpaired) electrons. The fourth-order valence-corrected chi connectivity index (χ4v) is 0.898. The zero-order valence-electron chi connectivity index (χ0n) is 6.84. The molecule has 0 aliphatic rings. The molecule has 6 heteroatoms. The van der Waals surface area contributed by atoms with Gasteiger partial charge in [0, 0.05) is 0 Å². The topological polar surface area (TPSA) is 52.3 Å². The van der Waals surface area contributed by atoms with E-state index in [0.29, 0.717) is 0 Å². The summed E-state index contributed by atoms with van der Waals surface area (Å²) in [5.74, 6) is -0.590. The summed E-state index contributed by atoms with van der Waals surface area (Å²) >= 11 is 0. The van der Waals surface area contributed by atoms with Gasteiger partial charge in [-0.3, -0.25) is 0 Å². The summed E-state index contributed by atoms with van der Waals surface area (Å²) in [7, 11) is 0. The second kappa shape index (κ2) is 3.57. The highest BCUT2D eigenvalue weighted by Crippen LogP contribution is 2.35. The summed E-state index contributed by atoms with van der Waals surface area (Å²) < 4.78 is 41.0. The van der Waals surface area contributed by atoms with Gasteiger partial charge < -0.3 is 10.5 Å². The van der Waals surface area contributed by atoms with E-state index < -0.39 is 23.6 Å². The van der Waals surface area contributed by atoms with Gasteiger partial charge in [-0.2, -0.15) is 13.2 Å². The van der Waals surface area contributed by atoms with Crippen LogP contribution in [0.1, 0.15) is 5.56 Å². The number of nitrogens with two attached hydrogens (primary N) is 1. The van der Waals surface area contributed by atoms with Gasteiger partial charge in [0.2, 0.25) is 0 Å². The molecule has 1 aromatic rings. The molecular formula is C8H6F3NO2. The zero-order chi connectivity index (χ0) is 10.8. The Morgan fingerprint density at radius 2 is 1.86 bits per heavy atom. The Balaban J connectivity index is 3.10. The SMILES string of the molecule is NC(=O)Oc1ccccc1C(F)(F)F. The summed E-state index contributed by atoms with van der Waals surface area (Å²) in [6.45, 7) is 0. The van der Waals surface area contributed by atoms with Crippen LogP contribution in [-0.4, -0.2) is 6.09 Å². The Morgan fingerprint density at radius 3 is 2.36 bits per heavy atom. The van der Waals surface area contributed by atoms with Crippen LogP contribution in [-0.2, 0) is 6.18 Å². The van der Waals surface area contributed by atoms with Crippen LogP contribution in [0.2, 0.25) is 0 Å². The summed E-state index contributed by atoms with van der Waals surface area (Å²) in [4.78, 5) is 10.3. The van der Waals surface area contributed by atoms with Gasteiger partial charge in [-0.15, -0.1) is 0 Å². The van der Waals surface area contributed by atoms with Crippen molar-refractivity contribution in [1.82, 2.24) is 0 Å². The lowest BCUT2D eigenvalue weighted by Gasteiger charge is -2.10. The van der Waals surface area contributed by atoms with Crippen LogP contribution < -0.4 is 10.5 Å². The Hall–Kier alpha value is -1.72. The Labute approximate surface area is 77.3 Å². The maximum atomic E-state index is 12.3. The van der Waals surface area contributed by atoms with Crippen molar-refractivity contribution >= 4 is 6.09 Å². The minimum Gasteiger partial charge on any atom is -0.410 e. The highest BCUT2D eigenvalue weighted by Gasteiger charge is 2.34. The number of primary amides is 1. The average molecular weight is 205 g/mol. The first-order valence-electron chi connectivity index (χ1n) is 3.55. The number of para-hydroxylation sites is 1. The normalized spacial score (nSPS) is 11.1. The molecule has 0 atom stereocenters. The Kier molecular flexibility index (Phi) is 2.64. The predicted molar refractivity (Wildman–Crippen MR) is 41.7 cm³/mol. The van der Waals surface area contributed by atoms with E-state index in [0.717, 1.165) is 12.1 Å². The molecule has 0 heterocycles. The Bertz CT molecular complexity index is 349. The molecule has 14 heavy (non-hydrogen) atoms. The van der Waals surface area contributed by atoms with Crippen LogP contribution >= 0.6 is 0 Å². The number of carbonyl (C=O) groups excluding carboxylic acids is 1. The molecule has 76 valence electrons. The number of benzene rings is 1. The van der Waals surface area contributed by atoms with Crippen LogP contribution in [0.25, 0.3) is 0 Å². The van der Waals surface area contributed by atoms with E-state index in [1.807, 2.05) is 0 Å². The van der Waals surface area contributed by atoms with E-state index in [2.05, 4.69) is 10.5 Å². The number of hydrogen-bond acceptors (Lipinski definition) is 2. The number of hydrogen-bond donors (Lipinski definition) is 1. The van der Waals surface area contributed by atoms with Crippen molar-refractivity contribution < 1.29 is 22.7 Å². The lowest BCUT2D eigenvalue weighted by Crippen LogP contribution is -2.18. The summed E-state index contributed by atoms with van der Waals surface area (Å²) in [5, 5.41) is 0. The van der Waals surface area contributed by atoms with Crippen molar-refractivity contribution in [2.24, 2.45) is 5.73 Å². The van der Waals surface area contributed by atoms with Crippen LogP contribution in [0.15, 0.2) is 24.3 Å². The summed E-state index contributed by atoms with van der Waals surface area (Å²) in [5.41, 5.74) is 3.58. The standard InChI is InChI=1S/C8H6F3NO2/c9-8(10,11)5-3-1-2-4-6(5)14-7(12)13/h1-4H,(H2,12,13). The van der Waals surface area contributed by atoms with E-state index in [1.165, 1.54) is 12.1 Å². The fourth-order valence-electron chi connectivity index (χ4n) is 0.898. The molecule has 2 N–H and O–H groups in total. The smallest absolute Gasteiger partial charge is 0.410 e. The molecule has 0 saturated carbocycles. The predicted octanol–water partition coefficient (Wildman–Crippen LogP) is 2.16. The van der Waals surface area contributed by atoms with Gasteiger partial charge in [-0.05, 0) is 12.1 Å². The van der Waals surface area contributed by atoms with Gasteiger partial charge in [-0.1, -0.05) is 12.1 Å². The summed E-state index contributed by atoms with van der Waals surface area (Å²) in [6.07, 6.45) is -5.84. The van der Waals surface area contributed by atoms with Gasteiger partial charge in [0.15, 0.2) is 0 Å². The van der Waals surface area contributed by atoms with Crippen LogP contribution in [0, 0.1) is 0 Å². The quantitative estimate of drug-likeness (QED) is 0.763. The molecule has 0 bridgehead atoms. The van der Waals surface area contributed by atoms with Gasteiger partial charge in [0.05, 0.1) is 5.56 Å². The van der Waals surface area contributed by atoms with Crippen LogP contribution in [0.4, 0.5) is 18.0 Å². The molecule has 0 fully saturated rings. The van der Waals surface area contributed by atoms with Gasteiger partial charge in [0.1, 0.15) is 5.75 Å². The van der Waals surface area contributed by atoms with Crippen LogP contribution in [0.3, 0.4) is 0 Å². The molecule has 0 aromatic heterocycles. The maximum Gasteiger partial charge on any atom is 0.419 e. The molecule has 0 aliphatic heterocycles. The average Bonchev–Trinajstić information content (AvgIpc) is 2.01. The van der Waals surface area contributed by atoms with E-state index in [9.17, 15) is 18.0 Å². The molecule has 1 aromatic carbocycles. The highest BCUT2D eigenvalue weighted by atomic mass is 19.4. The third-order valence-corrected chi connectivity index (χ3v) is 1.40. The number of carbonyl (C=O) groups is 1. The monoisotopic (exact) mass is 205 g/mol. The van der Waals surface area contributed by atoms with E-state index in [4.69, 9.17) is 0 Å². The van der Waals surface area contributed by atoms with E-state index in [-0.39, 0.29) is 0 Å². The third-order valence-electron chi connectivity index (χ3n) is 1.40. The lowest BCUT2D eigenvalue weighted by atomic mass is 10.2. The largest absolute Gasteiger partial charge is 0.419 e. The van der Waals surface area contributed by atoms with Crippen LogP contribution in [0.5, 0.6) is 5.75 Å². The maximum absolute atomic E-state index is 12.3. The number of halogens is 3. The van der Waals surface area contributed by atoms with Gasteiger partial charge in [-0.25, -0.2) is 4.79 Å². The van der Waals surface area contributed by atoms with Crippen molar-refractivity contribution in [2.75, 3.05) is 0 Å². The first-order chi connectivity index (χ1) is 6.41. The molecule has 0 unspecified atom stereocenters. The number of alkyl halides is 3. The van der Waals surface area contributed by atoms with E-state index in [1.54, 1.807) is 0 Å². The fraction of sp³-hybridized carbons (Fsp3) is 0.125. The zero-order valence-corrected chi connectivity index (χ0v) is 6.84. The number of amides is 1.